The first-order chi connectivity index (χ1) is 14.7. The van der Waals surface area contributed by atoms with Gasteiger partial charge >= 0.3 is 5.97 Å². The number of hydrogen-bond acceptors (Lipinski definition) is 3. The van der Waals surface area contributed by atoms with Crippen LogP contribution in [0.3, 0.4) is 0 Å². The fourth-order valence-corrected chi connectivity index (χ4v) is 4.12. The third-order valence-corrected chi connectivity index (χ3v) is 6.05. The van der Waals surface area contributed by atoms with Crippen LogP contribution >= 0.6 is 0 Å². The molecule has 1 heterocycles. The molecule has 1 fully saturated rings. The molecule has 0 N–H and O–H groups in total. The Balaban J connectivity index is 1.72. The lowest BCUT2D eigenvalue weighted by Crippen LogP contribution is -2.41. The van der Waals surface area contributed by atoms with Crippen LogP contribution in [0.4, 0.5) is 0 Å². The molecule has 0 spiro atoms. The smallest absolute Gasteiger partial charge is 0.328 e. The van der Waals surface area contributed by atoms with Crippen LogP contribution in [0.2, 0.25) is 0 Å². The molecular formula is C26H41NO3. The number of benzene rings is 1. The van der Waals surface area contributed by atoms with Crippen molar-refractivity contribution in [3.05, 3.63) is 35.4 Å². The Bertz CT molecular complexity index is 626. The second-order valence-corrected chi connectivity index (χ2v) is 8.60. The predicted molar refractivity (Wildman–Crippen MR) is 123 cm³/mol. The van der Waals surface area contributed by atoms with Crippen molar-refractivity contribution in [3.8, 4) is 0 Å². The summed E-state index contributed by atoms with van der Waals surface area (Å²) < 4.78 is 5.52. The van der Waals surface area contributed by atoms with Crippen molar-refractivity contribution in [1.29, 1.82) is 0 Å². The quantitative estimate of drug-likeness (QED) is 0.264. The van der Waals surface area contributed by atoms with Crippen LogP contribution in [0.5, 0.6) is 0 Å². The van der Waals surface area contributed by atoms with E-state index in [2.05, 4.69) is 13.8 Å². The molecule has 0 saturated carbocycles. The second-order valence-electron chi connectivity index (χ2n) is 8.60. The van der Waals surface area contributed by atoms with Gasteiger partial charge in [0, 0.05) is 12.1 Å². The minimum Gasteiger partial charge on any atom is -0.464 e. The number of rotatable bonds is 14. The van der Waals surface area contributed by atoms with Gasteiger partial charge in [-0.05, 0) is 49.8 Å². The van der Waals surface area contributed by atoms with Crippen molar-refractivity contribution in [2.24, 2.45) is 0 Å². The van der Waals surface area contributed by atoms with E-state index in [0.29, 0.717) is 25.1 Å². The molecule has 1 amide bonds. The van der Waals surface area contributed by atoms with Gasteiger partial charge in [-0.25, -0.2) is 4.79 Å². The first kappa shape index (κ1) is 24.4. The zero-order chi connectivity index (χ0) is 21.6. The van der Waals surface area contributed by atoms with E-state index in [9.17, 15) is 9.59 Å². The fourth-order valence-electron chi connectivity index (χ4n) is 4.12. The number of carbonyl (C=O) groups excluding carboxylic acids is 2. The van der Waals surface area contributed by atoms with Crippen molar-refractivity contribution in [2.75, 3.05) is 13.2 Å². The van der Waals surface area contributed by atoms with Gasteiger partial charge in [0.1, 0.15) is 6.04 Å². The standard InChI is InChI=1S/C26H41NO3/c1-3-5-7-8-9-10-11-12-21-30-26(29)24-15-13-20-27(24)25(28)23-18-16-22(17-19-23)14-6-4-2/h16-19,24H,3-15,20-21H2,1-2H3. The highest BCUT2D eigenvalue weighted by Gasteiger charge is 2.35. The van der Waals surface area contributed by atoms with E-state index in [0.717, 1.165) is 38.5 Å². The molecule has 0 bridgehead atoms. The van der Waals surface area contributed by atoms with Gasteiger partial charge in [0.2, 0.25) is 0 Å². The molecule has 0 radical (unpaired) electrons. The Labute approximate surface area is 183 Å². The summed E-state index contributed by atoms with van der Waals surface area (Å²) >= 11 is 0. The number of unbranched alkanes of at least 4 members (excludes halogenated alkanes) is 8. The van der Waals surface area contributed by atoms with Crippen LogP contribution < -0.4 is 0 Å². The van der Waals surface area contributed by atoms with E-state index in [-0.39, 0.29) is 11.9 Å². The van der Waals surface area contributed by atoms with Gasteiger partial charge in [-0.15, -0.1) is 0 Å². The van der Waals surface area contributed by atoms with E-state index in [1.807, 2.05) is 24.3 Å². The molecule has 1 aliphatic rings. The van der Waals surface area contributed by atoms with Crippen molar-refractivity contribution in [2.45, 2.75) is 103 Å². The Morgan fingerprint density at radius 2 is 1.53 bits per heavy atom. The minimum absolute atomic E-state index is 0.0522. The molecule has 168 valence electrons. The van der Waals surface area contributed by atoms with Crippen LogP contribution in [-0.4, -0.2) is 36.0 Å². The number of hydrogen-bond donors (Lipinski definition) is 0. The van der Waals surface area contributed by atoms with Crippen molar-refractivity contribution >= 4 is 11.9 Å². The van der Waals surface area contributed by atoms with Gasteiger partial charge in [-0.3, -0.25) is 4.79 Å². The lowest BCUT2D eigenvalue weighted by Gasteiger charge is -2.23. The molecule has 1 saturated heterocycles. The molecule has 0 aromatic heterocycles. The first-order valence-corrected chi connectivity index (χ1v) is 12.2. The van der Waals surface area contributed by atoms with Crippen LogP contribution in [0.25, 0.3) is 0 Å². The minimum atomic E-state index is -0.425. The molecule has 1 aliphatic heterocycles. The summed E-state index contributed by atoms with van der Waals surface area (Å²) in [6, 6.07) is 7.44. The summed E-state index contributed by atoms with van der Waals surface area (Å²) in [5.41, 5.74) is 1.93. The van der Waals surface area contributed by atoms with Crippen LogP contribution in [-0.2, 0) is 16.0 Å². The zero-order valence-electron chi connectivity index (χ0n) is 19.2. The van der Waals surface area contributed by atoms with Gasteiger partial charge in [0.15, 0.2) is 0 Å². The van der Waals surface area contributed by atoms with Crippen molar-refractivity contribution < 1.29 is 14.3 Å². The Morgan fingerprint density at radius 1 is 0.900 bits per heavy atom. The number of esters is 1. The largest absolute Gasteiger partial charge is 0.464 e. The van der Waals surface area contributed by atoms with Gasteiger partial charge in [0.05, 0.1) is 6.61 Å². The highest BCUT2D eigenvalue weighted by molar-refractivity contribution is 5.97. The Hall–Kier alpha value is -1.84. The third kappa shape index (κ3) is 8.12. The molecule has 1 atom stereocenters. The van der Waals surface area contributed by atoms with Crippen LogP contribution in [0.1, 0.15) is 107 Å². The van der Waals surface area contributed by atoms with Crippen LogP contribution in [0.15, 0.2) is 24.3 Å². The van der Waals surface area contributed by atoms with E-state index in [1.54, 1.807) is 4.90 Å². The number of likely N-dealkylation sites (tertiary alicyclic amines) is 1. The highest BCUT2D eigenvalue weighted by atomic mass is 16.5. The zero-order valence-corrected chi connectivity index (χ0v) is 19.2. The molecule has 30 heavy (non-hydrogen) atoms. The number of amides is 1. The average Bonchev–Trinajstić information content (AvgIpc) is 3.26. The van der Waals surface area contributed by atoms with Crippen molar-refractivity contribution in [1.82, 2.24) is 4.90 Å². The molecule has 2 rings (SSSR count). The fraction of sp³-hybridized carbons (Fsp3) is 0.692. The third-order valence-electron chi connectivity index (χ3n) is 6.05. The molecule has 1 aromatic carbocycles. The SMILES string of the molecule is CCCCCCCCCCOC(=O)C1CCCN1C(=O)c1ccc(CCCC)cc1. The lowest BCUT2D eigenvalue weighted by atomic mass is 10.1. The Kier molecular flexibility index (Phi) is 11.6. The van der Waals surface area contributed by atoms with E-state index < -0.39 is 6.04 Å². The summed E-state index contributed by atoms with van der Waals surface area (Å²) in [5, 5.41) is 0. The molecular weight excluding hydrogens is 374 g/mol. The number of nitrogens with zero attached hydrogens (tertiary/aromatic N) is 1. The maximum absolute atomic E-state index is 12.9. The monoisotopic (exact) mass is 415 g/mol. The van der Waals surface area contributed by atoms with E-state index in [4.69, 9.17) is 4.74 Å². The first-order valence-electron chi connectivity index (χ1n) is 12.2. The molecule has 0 aliphatic carbocycles. The number of carbonyl (C=O) groups is 2. The maximum atomic E-state index is 12.9. The van der Waals surface area contributed by atoms with Crippen molar-refractivity contribution in [3.63, 3.8) is 0 Å². The lowest BCUT2D eigenvalue weighted by molar-refractivity contribution is -0.148. The number of ether oxygens (including phenoxy) is 1. The maximum Gasteiger partial charge on any atom is 0.328 e. The van der Waals surface area contributed by atoms with Gasteiger partial charge < -0.3 is 9.64 Å². The van der Waals surface area contributed by atoms with Crippen LogP contribution in [0, 0.1) is 0 Å². The van der Waals surface area contributed by atoms with Gasteiger partial charge in [0.25, 0.3) is 5.91 Å². The van der Waals surface area contributed by atoms with Gasteiger partial charge in [-0.2, -0.15) is 0 Å². The molecule has 1 aromatic rings. The topological polar surface area (TPSA) is 46.6 Å². The average molecular weight is 416 g/mol. The van der Waals surface area contributed by atoms with Gasteiger partial charge in [-0.1, -0.05) is 77.3 Å². The molecule has 1 unspecified atom stereocenters. The molecule has 4 heteroatoms. The summed E-state index contributed by atoms with van der Waals surface area (Å²) in [7, 11) is 0. The Morgan fingerprint density at radius 3 is 2.20 bits per heavy atom. The van der Waals surface area contributed by atoms with E-state index >= 15 is 0 Å². The van der Waals surface area contributed by atoms with E-state index in [1.165, 1.54) is 44.1 Å². The predicted octanol–water partition coefficient (Wildman–Crippen LogP) is 6.32. The second kappa shape index (κ2) is 14.2. The summed E-state index contributed by atoms with van der Waals surface area (Å²) in [4.78, 5) is 27.2. The summed E-state index contributed by atoms with van der Waals surface area (Å²) in [5.74, 6) is -0.285. The normalized spacial score (nSPS) is 16.1. The molecule has 4 nitrogen and oxygen atoms in total. The summed E-state index contributed by atoms with van der Waals surface area (Å²) in [6.07, 6.45) is 14.7. The summed E-state index contributed by atoms with van der Waals surface area (Å²) in [6.45, 7) is 5.52. The number of aryl methyl sites for hydroxylation is 1. The highest BCUT2D eigenvalue weighted by Crippen LogP contribution is 2.22.